The van der Waals surface area contributed by atoms with Crippen LogP contribution in [0.25, 0.3) is 22.3 Å². The van der Waals surface area contributed by atoms with E-state index in [0.717, 1.165) is 28.8 Å². The third-order valence-corrected chi connectivity index (χ3v) is 8.02. The van der Waals surface area contributed by atoms with Crippen molar-refractivity contribution in [2.45, 2.75) is 38.5 Å². The Morgan fingerprint density at radius 2 is 1.88 bits per heavy atom. The van der Waals surface area contributed by atoms with E-state index in [9.17, 15) is 23.6 Å². The van der Waals surface area contributed by atoms with Gasteiger partial charge >= 0.3 is 5.97 Å². The smallest absolute Gasteiger partial charge is 0.309 e. The molecular formula is C33H29ClF2N2O4. The Morgan fingerprint density at radius 1 is 1.07 bits per heavy atom. The molecule has 1 aliphatic heterocycles. The highest BCUT2D eigenvalue weighted by atomic mass is 35.5. The molecule has 0 spiro atoms. The van der Waals surface area contributed by atoms with Crippen LogP contribution in [0.4, 0.5) is 14.5 Å². The topological polar surface area (TPSA) is 82.3 Å². The SMILES string of the molecule is COC(=O)Cc1ccc2c(c1)NC(=O)C(C)CCCC(c1ccc(-c3c(F)ccc(Cl)c3F)c[n+]1[O-])c1cccc-2c1. The molecule has 42 heavy (non-hydrogen) atoms. The van der Waals surface area contributed by atoms with Crippen LogP contribution >= 0.6 is 11.6 Å². The second-order valence-corrected chi connectivity index (χ2v) is 10.9. The number of pyridine rings is 1. The van der Waals surface area contributed by atoms with Gasteiger partial charge in [-0.3, -0.25) is 9.59 Å². The Labute approximate surface area is 247 Å². The minimum Gasteiger partial charge on any atom is -0.618 e. The van der Waals surface area contributed by atoms with Gasteiger partial charge in [0.2, 0.25) is 5.91 Å². The predicted molar refractivity (Wildman–Crippen MR) is 157 cm³/mol. The molecular weight excluding hydrogens is 562 g/mol. The fraction of sp³-hybridized carbons (Fsp3) is 0.242. The molecule has 6 nitrogen and oxygen atoms in total. The zero-order chi connectivity index (χ0) is 30.0. The average Bonchev–Trinajstić information content (AvgIpc) is 2.97. The molecule has 1 N–H and O–H groups in total. The number of fused-ring (bicyclic) bond motifs is 4. The Morgan fingerprint density at radius 3 is 2.64 bits per heavy atom. The second-order valence-electron chi connectivity index (χ2n) is 10.5. The van der Waals surface area contributed by atoms with E-state index in [-0.39, 0.29) is 46.3 Å². The summed E-state index contributed by atoms with van der Waals surface area (Å²) >= 11 is 5.87. The van der Waals surface area contributed by atoms with Gasteiger partial charge in [-0.05, 0) is 53.8 Å². The van der Waals surface area contributed by atoms with Gasteiger partial charge in [0.1, 0.15) is 5.82 Å². The van der Waals surface area contributed by atoms with E-state index in [2.05, 4.69) is 5.32 Å². The number of hydrogen-bond acceptors (Lipinski definition) is 4. The van der Waals surface area contributed by atoms with Crippen molar-refractivity contribution in [3.05, 3.63) is 112 Å². The first kappa shape index (κ1) is 29.2. The highest BCUT2D eigenvalue weighted by Gasteiger charge is 2.26. The number of halogens is 3. The Bertz CT molecular complexity index is 1680. The third-order valence-electron chi connectivity index (χ3n) is 7.73. The number of aromatic nitrogens is 1. The molecule has 3 aromatic carbocycles. The van der Waals surface area contributed by atoms with Gasteiger partial charge < -0.3 is 15.3 Å². The van der Waals surface area contributed by atoms with Crippen LogP contribution in [0.3, 0.4) is 0 Å². The molecule has 0 radical (unpaired) electrons. The van der Waals surface area contributed by atoms with Gasteiger partial charge in [0.15, 0.2) is 17.7 Å². The Kier molecular flexibility index (Phi) is 8.54. The van der Waals surface area contributed by atoms with Gasteiger partial charge in [-0.2, -0.15) is 4.73 Å². The van der Waals surface area contributed by atoms with Crippen molar-refractivity contribution in [3.8, 4) is 22.3 Å². The zero-order valence-electron chi connectivity index (χ0n) is 23.1. The molecule has 2 heterocycles. The summed E-state index contributed by atoms with van der Waals surface area (Å²) in [5.41, 5.74) is 3.89. The molecule has 1 aliphatic rings. The average molecular weight is 591 g/mol. The van der Waals surface area contributed by atoms with Crippen LogP contribution in [0.15, 0.2) is 72.9 Å². The highest BCUT2D eigenvalue weighted by molar-refractivity contribution is 6.31. The van der Waals surface area contributed by atoms with E-state index in [0.29, 0.717) is 40.9 Å². The van der Waals surface area contributed by atoms with Crippen LogP contribution in [0.2, 0.25) is 5.02 Å². The number of anilines is 1. The predicted octanol–water partition coefficient (Wildman–Crippen LogP) is 7.19. The number of methoxy groups -OCH3 is 1. The summed E-state index contributed by atoms with van der Waals surface area (Å²) in [6.07, 6.45) is 3.04. The largest absolute Gasteiger partial charge is 0.618 e. The van der Waals surface area contributed by atoms with Crippen molar-refractivity contribution >= 4 is 29.2 Å². The molecule has 2 bridgehead atoms. The third kappa shape index (κ3) is 5.99. The van der Waals surface area contributed by atoms with Crippen LogP contribution in [0, 0.1) is 22.8 Å². The van der Waals surface area contributed by atoms with E-state index in [4.69, 9.17) is 16.3 Å². The quantitative estimate of drug-likeness (QED) is 0.118. The number of benzene rings is 3. The van der Waals surface area contributed by atoms with Crippen molar-refractivity contribution in [1.29, 1.82) is 0 Å². The van der Waals surface area contributed by atoms with Crippen molar-refractivity contribution in [2.24, 2.45) is 5.92 Å². The molecule has 4 aromatic rings. The van der Waals surface area contributed by atoms with Gasteiger partial charge in [0.05, 0.1) is 35.6 Å². The van der Waals surface area contributed by atoms with Gasteiger partial charge in [0, 0.05) is 23.2 Å². The summed E-state index contributed by atoms with van der Waals surface area (Å²) < 4.78 is 34.7. The lowest BCUT2D eigenvalue weighted by Gasteiger charge is -2.22. The van der Waals surface area contributed by atoms with E-state index in [1.165, 1.54) is 19.4 Å². The Balaban J connectivity index is 1.59. The molecule has 0 fully saturated rings. The monoisotopic (exact) mass is 590 g/mol. The number of amides is 1. The van der Waals surface area contributed by atoms with Gasteiger partial charge in [-0.25, -0.2) is 8.78 Å². The summed E-state index contributed by atoms with van der Waals surface area (Å²) in [6, 6.07) is 18.5. The molecule has 216 valence electrons. The van der Waals surface area contributed by atoms with Crippen LogP contribution in [-0.2, 0) is 20.7 Å². The fourth-order valence-corrected chi connectivity index (χ4v) is 5.58. The van der Waals surface area contributed by atoms with E-state index < -0.39 is 11.6 Å². The number of carbonyl (C=O) groups is 2. The number of hydrogen-bond donors (Lipinski definition) is 1. The molecule has 0 saturated heterocycles. The molecule has 1 amide bonds. The lowest BCUT2D eigenvalue weighted by Crippen LogP contribution is -2.34. The van der Waals surface area contributed by atoms with Gasteiger partial charge in [-0.1, -0.05) is 61.3 Å². The maximum absolute atomic E-state index is 14.7. The van der Waals surface area contributed by atoms with Crippen LogP contribution < -0.4 is 10.0 Å². The summed E-state index contributed by atoms with van der Waals surface area (Å²) in [5.74, 6) is -2.93. The second kappa shape index (κ2) is 12.3. The van der Waals surface area contributed by atoms with Crippen molar-refractivity contribution in [3.63, 3.8) is 0 Å². The molecule has 9 heteroatoms. The van der Waals surface area contributed by atoms with Crippen molar-refractivity contribution in [2.75, 3.05) is 12.4 Å². The number of esters is 1. The number of ether oxygens (including phenoxy) is 1. The first-order valence-electron chi connectivity index (χ1n) is 13.6. The van der Waals surface area contributed by atoms with Crippen LogP contribution in [0.5, 0.6) is 0 Å². The molecule has 2 unspecified atom stereocenters. The number of rotatable bonds is 4. The number of carbonyl (C=O) groups excluding carboxylic acids is 2. The standard InChI is InChI=1S/C33H29ClF2N2O4/c1-19-5-3-8-25(29-14-10-23(18-38(29)41)31-27(35)13-12-26(34)32(31)36)22-7-4-6-21(17-22)24-11-9-20(16-30(39)42-2)15-28(24)37-33(19)40/h4,6-7,9-15,17-19,25H,3,5,8,16H2,1-2H3,(H,37,40). The Hall–Kier alpha value is -4.30. The number of nitrogens with one attached hydrogen (secondary N) is 1. The van der Waals surface area contributed by atoms with E-state index >= 15 is 0 Å². The summed E-state index contributed by atoms with van der Waals surface area (Å²) in [6.45, 7) is 1.85. The van der Waals surface area contributed by atoms with Crippen molar-refractivity contribution < 1.29 is 27.8 Å². The maximum atomic E-state index is 14.7. The minimum absolute atomic E-state index is 0.0692. The zero-order valence-corrected chi connectivity index (χ0v) is 23.9. The van der Waals surface area contributed by atoms with Crippen LogP contribution in [-0.4, -0.2) is 19.0 Å². The van der Waals surface area contributed by atoms with E-state index in [1.807, 2.05) is 43.3 Å². The summed E-state index contributed by atoms with van der Waals surface area (Å²) in [7, 11) is 1.33. The van der Waals surface area contributed by atoms with Gasteiger partial charge in [0.25, 0.3) is 0 Å². The van der Waals surface area contributed by atoms with Gasteiger partial charge in [-0.15, -0.1) is 0 Å². The first-order chi connectivity index (χ1) is 20.2. The molecule has 0 saturated carbocycles. The van der Waals surface area contributed by atoms with E-state index in [1.54, 1.807) is 12.1 Å². The minimum atomic E-state index is -0.927. The first-order valence-corrected chi connectivity index (χ1v) is 14.0. The lowest BCUT2D eigenvalue weighted by atomic mass is 9.86. The summed E-state index contributed by atoms with van der Waals surface area (Å²) in [5, 5.41) is 16.2. The molecule has 5 rings (SSSR count). The number of nitrogens with zero attached hydrogens (tertiary/aromatic N) is 1. The molecule has 1 aromatic heterocycles. The fourth-order valence-electron chi connectivity index (χ4n) is 5.42. The normalized spacial score (nSPS) is 16.9. The summed E-state index contributed by atoms with van der Waals surface area (Å²) in [4.78, 5) is 25.0. The maximum Gasteiger partial charge on any atom is 0.309 e. The molecule has 2 atom stereocenters. The van der Waals surface area contributed by atoms with Crippen LogP contribution in [0.1, 0.15) is 48.9 Å². The van der Waals surface area contributed by atoms with Crippen molar-refractivity contribution in [1.82, 2.24) is 0 Å². The molecule has 0 aliphatic carbocycles. The lowest BCUT2D eigenvalue weighted by molar-refractivity contribution is -0.614. The highest BCUT2D eigenvalue weighted by Crippen LogP contribution is 2.37.